The zero-order chi connectivity index (χ0) is 15.2. The van der Waals surface area contributed by atoms with E-state index in [0.717, 1.165) is 43.7 Å². The third-order valence-electron chi connectivity index (χ3n) is 3.64. The molecule has 1 aromatic rings. The smallest absolute Gasteiger partial charge is 0.323 e. The number of aryl methyl sites for hydroxylation is 3. The van der Waals surface area contributed by atoms with E-state index in [-0.39, 0.29) is 0 Å². The van der Waals surface area contributed by atoms with Gasteiger partial charge in [0, 0.05) is 12.2 Å². The van der Waals surface area contributed by atoms with Crippen LogP contribution in [0.15, 0.2) is 6.07 Å². The van der Waals surface area contributed by atoms with Gasteiger partial charge in [0.15, 0.2) is 0 Å². The number of carboxylic acid groups (broad SMARTS) is 1. The van der Waals surface area contributed by atoms with Gasteiger partial charge >= 0.3 is 5.97 Å². The second kappa shape index (κ2) is 7.43. The lowest BCUT2D eigenvalue weighted by molar-refractivity contribution is -0.144. The number of carboxylic acids is 1. The maximum atomic E-state index is 11.4. The lowest BCUT2D eigenvalue weighted by Gasteiger charge is -2.26. The monoisotopic (exact) mass is 281 g/mol. The fourth-order valence-electron chi connectivity index (χ4n) is 2.31. The highest BCUT2D eigenvalue weighted by Gasteiger charge is 2.31. The van der Waals surface area contributed by atoms with E-state index in [1.54, 1.807) is 6.92 Å². The van der Waals surface area contributed by atoms with Crippen LogP contribution in [0.4, 0.5) is 0 Å². The Hall–Kier alpha value is -1.36. The summed E-state index contributed by atoms with van der Waals surface area (Å²) in [4.78, 5) is 11.4. The second-order valence-electron chi connectivity index (χ2n) is 5.67. The predicted octanol–water partition coefficient (Wildman–Crippen LogP) is 2.51. The van der Waals surface area contributed by atoms with Crippen molar-refractivity contribution < 1.29 is 9.90 Å². The summed E-state index contributed by atoms with van der Waals surface area (Å²) in [7, 11) is 0. The molecule has 20 heavy (non-hydrogen) atoms. The van der Waals surface area contributed by atoms with Crippen molar-refractivity contribution in [2.24, 2.45) is 0 Å². The molecule has 0 aromatic carbocycles. The van der Waals surface area contributed by atoms with E-state index in [9.17, 15) is 9.90 Å². The van der Waals surface area contributed by atoms with E-state index in [1.165, 1.54) is 0 Å². The Morgan fingerprint density at radius 3 is 2.65 bits per heavy atom. The van der Waals surface area contributed by atoms with Crippen LogP contribution in [0.3, 0.4) is 0 Å². The number of hydrogen-bond donors (Lipinski definition) is 2. The van der Waals surface area contributed by atoms with Crippen LogP contribution in [-0.2, 0) is 11.3 Å². The summed E-state index contributed by atoms with van der Waals surface area (Å²) in [6.07, 6.45) is 3.40. The van der Waals surface area contributed by atoms with Gasteiger partial charge in [-0.25, -0.2) is 0 Å². The van der Waals surface area contributed by atoms with Crippen molar-refractivity contribution in [1.82, 2.24) is 15.1 Å². The molecule has 0 saturated carbocycles. The molecule has 1 aromatic heterocycles. The molecule has 114 valence electrons. The van der Waals surface area contributed by atoms with Gasteiger partial charge in [-0.3, -0.25) is 9.48 Å². The van der Waals surface area contributed by atoms with E-state index in [1.807, 2.05) is 25.5 Å². The summed E-state index contributed by atoms with van der Waals surface area (Å²) >= 11 is 0. The molecular weight excluding hydrogens is 254 g/mol. The van der Waals surface area contributed by atoms with Gasteiger partial charge in [-0.1, -0.05) is 6.92 Å². The zero-order valence-corrected chi connectivity index (χ0v) is 13.1. The fraction of sp³-hybridized carbons (Fsp3) is 0.733. The summed E-state index contributed by atoms with van der Waals surface area (Å²) in [5, 5.41) is 16.9. The number of carbonyl (C=O) groups is 1. The molecule has 5 heteroatoms. The first-order chi connectivity index (χ1) is 9.39. The van der Waals surface area contributed by atoms with Crippen LogP contribution in [0.5, 0.6) is 0 Å². The predicted molar refractivity (Wildman–Crippen MR) is 79.9 cm³/mol. The molecule has 1 atom stereocenters. The largest absolute Gasteiger partial charge is 0.480 e. The molecule has 0 bridgehead atoms. The van der Waals surface area contributed by atoms with Crippen molar-refractivity contribution in [2.75, 3.05) is 6.54 Å². The van der Waals surface area contributed by atoms with Gasteiger partial charge in [-0.05, 0) is 59.1 Å². The summed E-state index contributed by atoms with van der Waals surface area (Å²) in [5.74, 6) is -0.767. The van der Waals surface area contributed by atoms with E-state index >= 15 is 0 Å². The quantitative estimate of drug-likeness (QED) is 0.683. The van der Waals surface area contributed by atoms with E-state index in [0.29, 0.717) is 6.42 Å². The highest BCUT2D eigenvalue weighted by Crippen LogP contribution is 2.15. The molecule has 0 fully saturated rings. The number of rotatable bonds is 9. The van der Waals surface area contributed by atoms with Crippen molar-refractivity contribution in [3.05, 3.63) is 17.5 Å². The molecule has 0 saturated heterocycles. The number of nitrogens with one attached hydrogen (secondary N) is 1. The summed E-state index contributed by atoms with van der Waals surface area (Å²) < 4.78 is 1.99. The Morgan fingerprint density at radius 1 is 1.45 bits per heavy atom. The highest BCUT2D eigenvalue weighted by atomic mass is 16.4. The molecule has 5 nitrogen and oxygen atoms in total. The minimum atomic E-state index is -0.814. The molecule has 1 heterocycles. The molecule has 0 spiro atoms. The lowest BCUT2D eigenvalue weighted by Crippen LogP contribution is -2.49. The molecule has 0 aliphatic carbocycles. The van der Waals surface area contributed by atoms with Crippen LogP contribution in [0, 0.1) is 13.8 Å². The first-order valence-electron chi connectivity index (χ1n) is 7.38. The maximum absolute atomic E-state index is 11.4. The normalized spacial score (nSPS) is 14.2. The lowest BCUT2D eigenvalue weighted by atomic mass is 9.94. The SMILES string of the molecule is CCCNC(C)(CCCCn1nc(C)cc1C)C(=O)O. The third-order valence-corrected chi connectivity index (χ3v) is 3.64. The number of hydrogen-bond acceptors (Lipinski definition) is 3. The van der Waals surface area contributed by atoms with Crippen LogP contribution < -0.4 is 5.32 Å². The van der Waals surface area contributed by atoms with Gasteiger partial charge < -0.3 is 10.4 Å². The summed E-state index contributed by atoms with van der Waals surface area (Å²) in [5.41, 5.74) is 1.38. The maximum Gasteiger partial charge on any atom is 0.323 e. The standard InChI is InChI=1S/C15H27N3O2/c1-5-9-16-15(4,14(19)20)8-6-7-10-18-13(3)11-12(2)17-18/h11,16H,5-10H2,1-4H3,(H,19,20). The first kappa shape index (κ1) is 16.7. The molecule has 1 unspecified atom stereocenters. The van der Waals surface area contributed by atoms with Crippen molar-refractivity contribution in [3.8, 4) is 0 Å². The van der Waals surface area contributed by atoms with Crippen LogP contribution in [0.25, 0.3) is 0 Å². The van der Waals surface area contributed by atoms with E-state index < -0.39 is 11.5 Å². The van der Waals surface area contributed by atoms with Gasteiger partial charge in [-0.15, -0.1) is 0 Å². The minimum Gasteiger partial charge on any atom is -0.480 e. The molecule has 2 N–H and O–H groups in total. The van der Waals surface area contributed by atoms with Gasteiger partial charge in [0.1, 0.15) is 5.54 Å². The fourth-order valence-corrected chi connectivity index (χ4v) is 2.31. The molecule has 0 aliphatic heterocycles. The van der Waals surface area contributed by atoms with Crippen LogP contribution in [0.2, 0.25) is 0 Å². The average molecular weight is 281 g/mol. The van der Waals surface area contributed by atoms with E-state index in [4.69, 9.17) is 0 Å². The van der Waals surface area contributed by atoms with Crippen LogP contribution in [0.1, 0.15) is 50.9 Å². The van der Waals surface area contributed by atoms with Gasteiger partial charge in [0.2, 0.25) is 0 Å². The molecule has 1 rings (SSSR count). The molecule has 0 amide bonds. The Balaban J connectivity index is 2.41. The van der Waals surface area contributed by atoms with Crippen molar-refractivity contribution in [3.63, 3.8) is 0 Å². The van der Waals surface area contributed by atoms with Crippen molar-refractivity contribution in [2.45, 2.75) is 65.5 Å². The number of aromatic nitrogens is 2. The second-order valence-corrected chi connectivity index (χ2v) is 5.67. The van der Waals surface area contributed by atoms with Gasteiger partial charge in [0.05, 0.1) is 5.69 Å². The number of aliphatic carboxylic acids is 1. The van der Waals surface area contributed by atoms with Crippen molar-refractivity contribution >= 4 is 5.97 Å². The Bertz CT molecular complexity index is 442. The average Bonchev–Trinajstić information content (AvgIpc) is 2.70. The molecule has 0 radical (unpaired) electrons. The Labute approximate surface area is 121 Å². The highest BCUT2D eigenvalue weighted by molar-refractivity contribution is 5.78. The zero-order valence-electron chi connectivity index (χ0n) is 13.1. The van der Waals surface area contributed by atoms with Gasteiger partial charge in [-0.2, -0.15) is 5.10 Å². The number of nitrogens with zero attached hydrogens (tertiary/aromatic N) is 2. The Kier molecular flexibility index (Phi) is 6.20. The Morgan fingerprint density at radius 2 is 2.15 bits per heavy atom. The van der Waals surface area contributed by atoms with Crippen LogP contribution in [-0.4, -0.2) is 32.9 Å². The topological polar surface area (TPSA) is 67.2 Å². The minimum absolute atomic E-state index is 0.641. The summed E-state index contributed by atoms with van der Waals surface area (Å²) in [6.45, 7) is 9.43. The molecular formula is C15H27N3O2. The first-order valence-corrected chi connectivity index (χ1v) is 7.38. The van der Waals surface area contributed by atoms with Crippen LogP contribution >= 0.6 is 0 Å². The third kappa shape index (κ3) is 4.63. The van der Waals surface area contributed by atoms with E-state index in [2.05, 4.69) is 16.5 Å². The number of unbranched alkanes of at least 4 members (excludes halogenated alkanes) is 1. The van der Waals surface area contributed by atoms with Gasteiger partial charge in [0.25, 0.3) is 0 Å². The summed E-state index contributed by atoms with van der Waals surface area (Å²) in [6, 6.07) is 2.06. The van der Waals surface area contributed by atoms with Crippen molar-refractivity contribution in [1.29, 1.82) is 0 Å². The molecule has 0 aliphatic rings.